The van der Waals surface area contributed by atoms with E-state index < -0.39 is 5.97 Å². The van der Waals surface area contributed by atoms with Crippen molar-refractivity contribution >= 4 is 23.4 Å². The Morgan fingerprint density at radius 1 is 1.42 bits per heavy atom. The monoisotopic (exact) mass is 281 g/mol. The Bertz CT molecular complexity index is 435. The van der Waals surface area contributed by atoms with Gasteiger partial charge in [0.2, 0.25) is 0 Å². The summed E-state index contributed by atoms with van der Waals surface area (Å²) >= 11 is 1.69. The molecule has 1 aromatic heterocycles. The minimum atomic E-state index is -0.903. The van der Waals surface area contributed by atoms with Gasteiger partial charge in [-0.1, -0.05) is 13.8 Å². The Morgan fingerprint density at radius 3 is 2.63 bits per heavy atom. The molecule has 0 saturated heterocycles. The molecule has 19 heavy (non-hydrogen) atoms. The summed E-state index contributed by atoms with van der Waals surface area (Å²) in [5, 5.41) is 10.7. The summed E-state index contributed by atoms with van der Waals surface area (Å²) in [7, 11) is 0. The van der Waals surface area contributed by atoms with Gasteiger partial charge in [-0.2, -0.15) is 0 Å². The topological polar surface area (TPSA) is 40.5 Å². The van der Waals surface area contributed by atoms with Gasteiger partial charge < -0.3 is 5.11 Å². The average Bonchev–Trinajstić information content (AvgIpc) is 2.72. The lowest BCUT2D eigenvalue weighted by Crippen LogP contribution is -2.33. The summed E-state index contributed by atoms with van der Waals surface area (Å²) in [6.07, 6.45) is 2.88. The molecule has 1 rings (SSSR count). The summed E-state index contributed by atoms with van der Waals surface area (Å²) < 4.78 is 0. The van der Waals surface area contributed by atoms with Gasteiger partial charge in [-0.3, -0.25) is 4.90 Å². The highest BCUT2D eigenvalue weighted by Gasteiger charge is 2.14. The Labute approximate surface area is 119 Å². The first-order valence-electron chi connectivity index (χ1n) is 6.61. The van der Waals surface area contributed by atoms with E-state index in [1.807, 2.05) is 11.4 Å². The van der Waals surface area contributed by atoms with E-state index in [1.54, 1.807) is 17.4 Å². The van der Waals surface area contributed by atoms with Crippen LogP contribution in [0.15, 0.2) is 17.5 Å². The van der Waals surface area contributed by atoms with E-state index in [-0.39, 0.29) is 0 Å². The molecule has 0 unspecified atom stereocenters. The standard InChI is InChI=1S/C15H23NO2S/c1-11(2)9-16(12(3)4)10-14-13(7-8-19-14)5-6-15(17)18/h5-8,11-12H,9-10H2,1-4H3,(H,17,18). The van der Waals surface area contributed by atoms with Crippen molar-refractivity contribution < 1.29 is 9.90 Å². The second kappa shape index (κ2) is 7.46. The molecule has 0 aromatic carbocycles. The summed E-state index contributed by atoms with van der Waals surface area (Å²) in [5.41, 5.74) is 1.02. The van der Waals surface area contributed by atoms with Crippen LogP contribution in [0.4, 0.5) is 0 Å². The van der Waals surface area contributed by atoms with Crippen LogP contribution < -0.4 is 0 Å². The highest BCUT2D eigenvalue weighted by Crippen LogP contribution is 2.22. The summed E-state index contributed by atoms with van der Waals surface area (Å²) in [6.45, 7) is 10.8. The molecule has 0 atom stereocenters. The molecule has 106 valence electrons. The summed E-state index contributed by atoms with van der Waals surface area (Å²) in [4.78, 5) is 14.2. The van der Waals surface area contributed by atoms with Crippen molar-refractivity contribution in [2.75, 3.05) is 6.54 Å². The van der Waals surface area contributed by atoms with Crippen LogP contribution in [0.25, 0.3) is 6.08 Å². The van der Waals surface area contributed by atoms with Gasteiger partial charge in [0.25, 0.3) is 0 Å². The number of aliphatic carboxylic acids is 1. The van der Waals surface area contributed by atoms with Gasteiger partial charge in [0.1, 0.15) is 0 Å². The fourth-order valence-corrected chi connectivity index (χ4v) is 2.79. The maximum atomic E-state index is 10.6. The van der Waals surface area contributed by atoms with Gasteiger partial charge in [0.05, 0.1) is 0 Å². The molecule has 1 N–H and O–H groups in total. The van der Waals surface area contributed by atoms with Gasteiger partial charge in [-0.25, -0.2) is 4.79 Å². The summed E-state index contributed by atoms with van der Waals surface area (Å²) in [5.74, 6) is -0.277. The molecule has 0 fully saturated rings. The molecule has 4 heteroatoms. The number of carbonyl (C=O) groups is 1. The van der Waals surface area contributed by atoms with Crippen LogP contribution in [0.5, 0.6) is 0 Å². The van der Waals surface area contributed by atoms with Crippen LogP contribution in [0.2, 0.25) is 0 Å². The average molecular weight is 281 g/mol. The molecule has 1 heterocycles. The molecule has 0 amide bonds. The van der Waals surface area contributed by atoms with Crippen molar-refractivity contribution in [2.24, 2.45) is 5.92 Å². The second-order valence-corrected chi connectivity index (χ2v) is 6.39. The van der Waals surface area contributed by atoms with Gasteiger partial charge in [0.15, 0.2) is 0 Å². The second-order valence-electron chi connectivity index (χ2n) is 5.39. The maximum Gasteiger partial charge on any atom is 0.328 e. The van der Waals surface area contributed by atoms with Crippen LogP contribution >= 0.6 is 11.3 Å². The number of nitrogens with zero attached hydrogens (tertiary/aromatic N) is 1. The van der Waals surface area contributed by atoms with E-state index in [2.05, 4.69) is 32.6 Å². The lowest BCUT2D eigenvalue weighted by atomic mass is 10.1. The Hall–Kier alpha value is -1.13. The van der Waals surface area contributed by atoms with Crippen LogP contribution in [-0.2, 0) is 11.3 Å². The maximum absolute atomic E-state index is 10.6. The smallest absolute Gasteiger partial charge is 0.328 e. The SMILES string of the molecule is CC(C)CN(Cc1sccc1C=CC(=O)O)C(C)C. The predicted molar refractivity (Wildman–Crippen MR) is 81.4 cm³/mol. The quantitative estimate of drug-likeness (QED) is 0.774. The minimum absolute atomic E-state index is 0.487. The zero-order chi connectivity index (χ0) is 14.4. The number of hydrogen-bond donors (Lipinski definition) is 1. The third-order valence-corrected chi connectivity index (χ3v) is 3.78. The molecule has 0 aliphatic carbocycles. The normalized spacial score (nSPS) is 12.2. The predicted octanol–water partition coefficient (Wildman–Crippen LogP) is 3.71. The van der Waals surface area contributed by atoms with Gasteiger partial charge in [0, 0.05) is 30.1 Å². The number of thiophene rings is 1. The molecule has 0 bridgehead atoms. The van der Waals surface area contributed by atoms with Gasteiger partial charge in [-0.05, 0) is 42.9 Å². The fraction of sp³-hybridized carbons (Fsp3) is 0.533. The highest BCUT2D eigenvalue weighted by molar-refractivity contribution is 7.10. The molecular formula is C15H23NO2S. The first-order chi connectivity index (χ1) is 8.90. The lowest BCUT2D eigenvalue weighted by Gasteiger charge is -2.28. The minimum Gasteiger partial charge on any atom is -0.478 e. The summed E-state index contributed by atoms with van der Waals surface area (Å²) in [6, 6.07) is 2.47. The van der Waals surface area contributed by atoms with Crippen LogP contribution in [0.3, 0.4) is 0 Å². The van der Waals surface area contributed by atoms with E-state index in [4.69, 9.17) is 5.11 Å². The zero-order valence-electron chi connectivity index (χ0n) is 12.1. The van der Waals surface area contributed by atoms with Crippen LogP contribution in [0, 0.1) is 5.92 Å². The van der Waals surface area contributed by atoms with E-state index in [1.165, 1.54) is 11.0 Å². The molecule has 1 aromatic rings. The number of hydrogen-bond acceptors (Lipinski definition) is 3. The van der Waals surface area contributed by atoms with Crippen molar-refractivity contribution in [3.05, 3.63) is 28.0 Å². The fourth-order valence-electron chi connectivity index (χ4n) is 1.90. The van der Waals surface area contributed by atoms with Crippen molar-refractivity contribution in [1.82, 2.24) is 4.90 Å². The molecular weight excluding hydrogens is 258 g/mol. The third kappa shape index (κ3) is 5.57. The largest absolute Gasteiger partial charge is 0.478 e. The van der Waals surface area contributed by atoms with E-state index in [0.29, 0.717) is 12.0 Å². The molecule has 0 radical (unpaired) electrons. The first kappa shape index (κ1) is 15.9. The van der Waals surface area contributed by atoms with Gasteiger partial charge in [-0.15, -0.1) is 11.3 Å². The Morgan fingerprint density at radius 2 is 2.11 bits per heavy atom. The molecule has 0 aliphatic heterocycles. The van der Waals surface area contributed by atoms with Crippen LogP contribution in [0.1, 0.15) is 38.1 Å². The van der Waals surface area contributed by atoms with Crippen molar-refractivity contribution in [3.63, 3.8) is 0 Å². The number of rotatable bonds is 7. The Kier molecular flexibility index (Phi) is 6.25. The van der Waals surface area contributed by atoms with Crippen molar-refractivity contribution in [1.29, 1.82) is 0 Å². The van der Waals surface area contributed by atoms with E-state index >= 15 is 0 Å². The number of carboxylic acids is 1. The Balaban J connectivity index is 2.79. The van der Waals surface area contributed by atoms with Crippen LogP contribution in [-0.4, -0.2) is 28.6 Å². The lowest BCUT2D eigenvalue weighted by molar-refractivity contribution is -0.131. The highest BCUT2D eigenvalue weighted by atomic mass is 32.1. The molecule has 0 spiro atoms. The van der Waals surface area contributed by atoms with E-state index in [0.717, 1.165) is 18.7 Å². The van der Waals surface area contributed by atoms with Crippen molar-refractivity contribution in [3.8, 4) is 0 Å². The molecule has 3 nitrogen and oxygen atoms in total. The van der Waals surface area contributed by atoms with Gasteiger partial charge >= 0.3 is 5.97 Å². The van der Waals surface area contributed by atoms with Crippen molar-refractivity contribution in [2.45, 2.75) is 40.3 Å². The zero-order valence-corrected chi connectivity index (χ0v) is 12.9. The molecule has 0 aliphatic rings. The first-order valence-corrected chi connectivity index (χ1v) is 7.49. The number of carboxylic acid groups (broad SMARTS) is 1. The third-order valence-electron chi connectivity index (χ3n) is 2.86. The van der Waals surface area contributed by atoms with E-state index in [9.17, 15) is 4.79 Å². The molecule has 0 saturated carbocycles.